The van der Waals surface area contributed by atoms with Gasteiger partial charge in [0.25, 0.3) is 5.91 Å². The molecule has 2 amide bonds. The van der Waals surface area contributed by atoms with Gasteiger partial charge in [0.05, 0.1) is 31.5 Å². The number of hydrogen-bond donors (Lipinski definition) is 16. The Bertz CT molecular complexity index is 1890. The summed E-state index contributed by atoms with van der Waals surface area (Å²) in [4.78, 5) is 38.2. The molecule has 0 fully saturated rings. The highest BCUT2D eigenvalue weighted by atomic mass is 35.5. The number of guanidine groups is 1. The predicted octanol–water partition coefficient (Wildman–Crippen LogP) is -4.54. The third kappa shape index (κ3) is 15.4. The molecule has 1 aromatic heterocycles. The summed E-state index contributed by atoms with van der Waals surface area (Å²) >= 11 is 5.85. The van der Waals surface area contributed by atoms with Gasteiger partial charge in [-0.05, 0) is 73.5 Å². The van der Waals surface area contributed by atoms with E-state index in [1.54, 1.807) is 0 Å². The maximum Gasteiger partial charge on any atom is 0.280 e. The molecule has 2 aromatic carbocycles. The van der Waals surface area contributed by atoms with Crippen LogP contribution in [-0.4, -0.2) is 185 Å². The van der Waals surface area contributed by atoms with E-state index in [0.29, 0.717) is 25.8 Å². The van der Waals surface area contributed by atoms with Crippen molar-refractivity contribution < 1.29 is 60.7 Å². The maximum absolute atomic E-state index is 12.5. The number of anilines is 2. The lowest BCUT2D eigenvalue weighted by Gasteiger charge is -2.33. The normalized spacial score (nSPS) is 16.6. The number of rotatable bonds is 27. The first-order valence-electron chi connectivity index (χ1n) is 20.0. The Morgan fingerprint density at radius 2 is 1.26 bits per heavy atom. The van der Waals surface area contributed by atoms with Crippen LogP contribution in [0.5, 0.6) is 0 Å². The Morgan fingerprint density at radius 3 is 1.79 bits per heavy atom. The van der Waals surface area contributed by atoms with E-state index in [1.165, 1.54) is 4.90 Å². The van der Waals surface area contributed by atoms with Gasteiger partial charge in [-0.1, -0.05) is 48.0 Å². The van der Waals surface area contributed by atoms with Crippen LogP contribution in [-0.2, 0) is 17.6 Å². The highest BCUT2D eigenvalue weighted by Gasteiger charge is 2.34. The van der Waals surface area contributed by atoms with Crippen molar-refractivity contribution in [3.8, 4) is 0 Å². The van der Waals surface area contributed by atoms with Crippen molar-refractivity contribution in [1.82, 2.24) is 25.5 Å². The number of fused-ring (bicyclic) bond motifs is 1. The summed E-state index contributed by atoms with van der Waals surface area (Å²) < 4.78 is 0. The summed E-state index contributed by atoms with van der Waals surface area (Å²) in [6.45, 7) is -2.01. The molecule has 23 heteroatoms. The van der Waals surface area contributed by atoms with Gasteiger partial charge < -0.3 is 79.3 Å². The Kier molecular flexibility index (Phi) is 21.5. The van der Waals surface area contributed by atoms with Gasteiger partial charge in [-0.25, -0.2) is 9.97 Å². The lowest BCUT2D eigenvalue weighted by atomic mass is 9.93. The highest BCUT2D eigenvalue weighted by molar-refractivity contribution is 6.31. The van der Waals surface area contributed by atoms with Gasteiger partial charge >= 0.3 is 0 Å². The number of unbranched alkanes of at least 4 members (excludes halogenated alkanes) is 1. The van der Waals surface area contributed by atoms with Crippen LogP contribution in [0.3, 0.4) is 0 Å². The Balaban J connectivity index is 1.57. The Morgan fingerprint density at radius 1 is 0.726 bits per heavy atom. The summed E-state index contributed by atoms with van der Waals surface area (Å²) in [6.07, 6.45) is -11.4. The number of primary amides is 1. The summed E-state index contributed by atoms with van der Waals surface area (Å²) in [5.74, 6) is -1.77. The fourth-order valence-electron chi connectivity index (χ4n) is 6.66. The molecule has 0 unspecified atom stereocenters. The number of hydrogen-bond acceptors (Lipinski definition) is 19. The molecule has 3 aromatic rings. The van der Waals surface area contributed by atoms with Gasteiger partial charge in [-0.15, -0.1) is 0 Å². The van der Waals surface area contributed by atoms with Gasteiger partial charge in [0, 0.05) is 19.6 Å². The van der Waals surface area contributed by atoms with Crippen molar-refractivity contribution in [3.05, 3.63) is 58.4 Å². The number of aromatic nitrogens is 2. The van der Waals surface area contributed by atoms with E-state index >= 15 is 0 Å². The smallest absolute Gasteiger partial charge is 0.280 e. The third-order valence-corrected chi connectivity index (χ3v) is 10.5. The minimum absolute atomic E-state index is 0.0666. The van der Waals surface area contributed by atoms with E-state index in [2.05, 4.69) is 25.6 Å². The minimum atomic E-state index is -1.92. The number of aliphatic imine (C=N–C) groups is 1. The molecule has 9 atom stereocenters. The number of nitrogens with one attached hydrogen (secondary N) is 2. The fraction of sp³-hybridized carbons (Fsp3) is 0.564. The van der Waals surface area contributed by atoms with Crippen LogP contribution in [0, 0.1) is 0 Å². The van der Waals surface area contributed by atoms with Gasteiger partial charge in [0.15, 0.2) is 28.4 Å². The van der Waals surface area contributed by atoms with E-state index in [4.69, 9.17) is 44.7 Å². The third-order valence-electron chi connectivity index (χ3n) is 10.2. The molecule has 0 radical (unpaired) electrons. The molecule has 0 aliphatic carbocycles. The molecule has 20 N–H and O–H groups in total. The van der Waals surface area contributed by atoms with E-state index in [9.17, 15) is 50.4 Å². The second kappa shape index (κ2) is 25.6. The van der Waals surface area contributed by atoms with Gasteiger partial charge in [-0.2, -0.15) is 0 Å². The molecule has 0 aliphatic heterocycles. The van der Waals surface area contributed by atoms with Crippen LogP contribution in [0.1, 0.15) is 47.3 Å². The first-order valence-corrected chi connectivity index (χ1v) is 20.4. The quantitative estimate of drug-likeness (QED) is 0.0195. The number of aryl methyl sites for hydroxylation is 2. The number of amides is 2. The Hall–Kier alpha value is -4.40. The van der Waals surface area contributed by atoms with Crippen molar-refractivity contribution in [1.29, 1.82) is 0 Å². The van der Waals surface area contributed by atoms with E-state index in [-0.39, 0.29) is 48.0 Å². The van der Waals surface area contributed by atoms with Crippen molar-refractivity contribution in [3.63, 3.8) is 0 Å². The molecule has 346 valence electrons. The number of aliphatic hydroxyl groups is 10. The maximum atomic E-state index is 12.5. The first kappa shape index (κ1) is 51.9. The molecule has 0 aliphatic rings. The Labute approximate surface area is 362 Å². The molecule has 1 heterocycles. The predicted molar refractivity (Wildman–Crippen MR) is 229 cm³/mol. The molecule has 3 rings (SSSR count). The number of benzene rings is 2. The summed E-state index contributed by atoms with van der Waals surface area (Å²) in [7, 11) is 0. The van der Waals surface area contributed by atoms with Crippen molar-refractivity contribution >= 4 is 51.8 Å². The molecule has 22 nitrogen and oxygen atoms in total. The lowest BCUT2D eigenvalue weighted by Crippen LogP contribution is -2.53. The number of carbonyl (C=O) groups is 2. The number of nitrogens with two attached hydrogens (primary N) is 4. The summed E-state index contributed by atoms with van der Waals surface area (Å²) in [5, 5.41) is 107. The van der Waals surface area contributed by atoms with Crippen LogP contribution < -0.4 is 33.6 Å². The van der Waals surface area contributed by atoms with Crippen molar-refractivity contribution in [2.45, 2.75) is 93.4 Å². The van der Waals surface area contributed by atoms with E-state index in [0.717, 1.165) is 34.7 Å². The number of carbonyl (C=O) groups excluding carboxylic acids is 2. The standard InChI is InChI=1S/C39H61ClN10O12/c40-34-36(42)48-35(41)29(47-34)38(62)49-39(44)46-13-4-3-6-20-9-10-21(23-8-2-1-7-22(20)23)11-12-24(37(43)61)45-14-5-15-50(16-25(53)30(57)32(59)27(55)18-51)17-26(54)31(58)33(60)28(56)19-52/h1-2,7-10,24-28,30-33,45,51-60H,3-6,11-19H2,(H2,43,61)(H4,41,42,48)(H3,44,46,49,62)/t24-,25-,26-,27+,28+,30+,31+,32+,33+/m1/s1. The fourth-order valence-corrected chi connectivity index (χ4v) is 6.79. The highest BCUT2D eigenvalue weighted by Crippen LogP contribution is 2.26. The number of nitrogen functional groups attached to an aromatic ring is 2. The topological polar surface area (TPSA) is 406 Å². The van der Waals surface area contributed by atoms with Crippen molar-refractivity contribution in [2.75, 3.05) is 57.4 Å². The zero-order chi connectivity index (χ0) is 46.1. The average molecular weight is 897 g/mol. The second-order valence-corrected chi connectivity index (χ2v) is 15.3. The molecule has 0 saturated heterocycles. The molecule has 0 bridgehead atoms. The van der Waals surface area contributed by atoms with Crippen molar-refractivity contribution in [2.24, 2.45) is 16.5 Å². The summed E-state index contributed by atoms with van der Waals surface area (Å²) in [5.41, 5.74) is 24.8. The molecule has 0 saturated carbocycles. The molecule has 0 spiro atoms. The van der Waals surface area contributed by atoms with E-state index < -0.39 is 93.0 Å². The van der Waals surface area contributed by atoms with Crippen LogP contribution in [0.2, 0.25) is 5.15 Å². The van der Waals surface area contributed by atoms with Crippen LogP contribution in [0.4, 0.5) is 11.6 Å². The minimum Gasteiger partial charge on any atom is -0.394 e. The van der Waals surface area contributed by atoms with Crippen LogP contribution in [0.15, 0.2) is 41.4 Å². The number of aliphatic hydroxyl groups excluding tert-OH is 10. The van der Waals surface area contributed by atoms with E-state index in [1.807, 2.05) is 36.4 Å². The zero-order valence-electron chi connectivity index (χ0n) is 34.1. The van der Waals surface area contributed by atoms with Gasteiger partial charge in [-0.3, -0.25) is 24.8 Å². The van der Waals surface area contributed by atoms with Gasteiger partial charge in [0.2, 0.25) is 5.91 Å². The summed E-state index contributed by atoms with van der Waals surface area (Å²) in [6, 6.07) is 11.2. The number of nitrogens with zero attached hydrogens (tertiary/aromatic N) is 4. The second-order valence-electron chi connectivity index (χ2n) is 14.9. The molecular weight excluding hydrogens is 836 g/mol. The average Bonchev–Trinajstić information content (AvgIpc) is 3.25. The monoisotopic (exact) mass is 896 g/mol. The number of halogens is 1. The van der Waals surface area contributed by atoms with Crippen LogP contribution in [0.25, 0.3) is 10.8 Å². The SMILES string of the molecule is NC(=O)[C@@H](CCc1ccc(CCCCN=C(N)NC(=O)c2nc(Cl)c(N)nc2N)c2ccccc12)NCCCN(C[C@@H](O)[C@H](O)[C@@H](O)[C@@H](O)CO)C[C@@H](O)[C@H](O)[C@@H](O)[C@@H](O)CO. The largest absolute Gasteiger partial charge is 0.394 e. The van der Waals surface area contributed by atoms with Gasteiger partial charge in [0.1, 0.15) is 36.6 Å². The lowest BCUT2D eigenvalue weighted by molar-refractivity contribution is -0.130. The van der Waals surface area contributed by atoms with Crippen LogP contribution >= 0.6 is 11.6 Å². The molecular formula is C39H61ClN10O12. The molecule has 62 heavy (non-hydrogen) atoms. The zero-order valence-corrected chi connectivity index (χ0v) is 34.9. The first-order chi connectivity index (χ1) is 29.4.